The number of hydrogen-bond donors (Lipinski definition) is 0. The first-order valence-electron chi connectivity index (χ1n) is 5.57. The maximum Gasteiger partial charge on any atom is 0.137 e. The van der Waals surface area contributed by atoms with Gasteiger partial charge in [0.1, 0.15) is 17.7 Å². The highest BCUT2D eigenvalue weighted by Gasteiger charge is 2.08. The first-order valence-corrected chi connectivity index (χ1v) is 8.02. The Labute approximate surface area is 122 Å². The first kappa shape index (κ1) is 15.4. The second kappa shape index (κ2) is 7.74. The minimum atomic E-state index is 0.143. The van der Waals surface area contributed by atoms with Crippen LogP contribution in [-0.4, -0.2) is 12.5 Å². The summed E-state index contributed by atoms with van der Waals surface area (Å²) < 4.78 is 1.07. The normalized spacial score (nSPS) is 9.11. The zero-order valence-electron chi connectivity index (χ0n) is 11.1. The van der Waals surface area contributed by atoms with E-state index in [9.17, 15) is 0 Å². The summed E-state index contributed by atoms with van der Waals surface area (Å²) in [6.07, 6.45) is 5.86. The van der Waals surface area contributed by atoms with E-state index >= 15 is 0 Å². The van der Waals surface area contributed by atoms with Crippen molar-refractivity contribution < 1.29 is 0 Å². The molecule has 96 valence electrons. The van der Waals surface area contributed by atoms with E-state index in [0.29, 0.717) is 5.57 Å². The Hall–Kier alpha value is -1.62. The van der Waals surface area contributed by atoms with Gasteiger partial charge >= 0.3 is 0 Å². The minimum Gasteiger partial charge on any atom is -0.192 e. The third-order valence-electron chi connectivity index (χ3n) is 2.52. The van der Waals surface area contributed by atoms with Crippen LogP contribution < -0.4 is 0 Å². The van der Waals surface area contributed by atoms with E-state index in [4.69, 9.17) is 10.5 Å². The predicted molar refractivity (Wildman–Crippen MR) is 84.4 cm³/mol. The van der Waals surface area contributed by atoms with Crippen molar-refractivity contribution in [3.63, 3.8) is 0 Å². The Morgan fingerprint density at radius 2 is 1.58 bits per heavy atom. The molecule has 0 atom stereocenters. The number of hydrogen-bond acceptors (Lipinski definition) is 4. The predicted octanol–water partition coefficient (Wildman–Crippen LogP) is 4.36. The lowest BCUT2D eigenvalue weighted by Gasteiger charge is -2.06. The lowest BCUT2D eigenvalue weighted by atomic mass is 10.00. The van der Waals surface area contributed by atoms with Crippen LogP contribution in [0.1, 0.15) is 11.1 Å². The van der Waals surface area contributed by atoms with E-state index in [1.807, 2.05) is 61.9 Å². The van der Waals surface area contributed by atoms with Crippen LogP contribution in [0.3, 0.4) is 0 Å². The molecule has 0 aliphatic heterocycles. The Bertz CT molecular complexity index is 562. The lowest BCUT2D eigenvalue weighted by Crippen LogP contribution is -1.88. The van der Waals surface area contributed by atoms with Crippen molar-refractivity contribution in [2.24, 2.45) is 0 Å². The van der Waals surface area contributed by atoms with Gasteiger partial charge in [0.15, 0.2) is 0 Å². The van der Waals surface area contributed by atoms with Crippen molar-refractivity contribution in [2.75, 3.05) is 12.5 Å². The number of thioether (sulfide) groups is 2. The van der Waals surface area contributed by atoms with Crippen molar-refractivity contribution in [3.05, 3.63) is 51.3 Å². The van der Waals surface area contributed by atoms with E-state index in [1.165, 1.54) is 0 Å². The Morgan fingerprint density at radius 1 is 1.05 bits per heavy atom. The van der Waals surface area contributed by atoms with Gasteiger partial charge in [-0.3, -0.25) is 0 Å². The second-order valence-electron chi connectivity index (χ2n) is 3.75. The number of nitrogens with zero attached hydrogens (tertiary/aromatic N) is 2. The summed E-state index contributed by atoms with van der Waals surface area (Å²) in [5.74, 6) is 0. The summed E-state index contributed by atoms with van der Waals surface area (Å²) in [6.45, 7) is 2.01. The van der Waals surface area contributed by atoms with Crippen molar-refractivity contribution in [2.45, 2.75) is 6.92 Å². The molecule has 0 N–H and O–H groups in total. The fourth-order valence-corrected chi connectivity index (χ4v) is 2.64. The van der Waals surface area contributed by atoms with Gasteiger partial charge in [-0.2, -0.15) is 10.5 Å². The fourth-order valence-electron chi connectivity index (χ4n) is 1.50. The summed E-state index contributed by atoms with van der Waals surface area (Å²) in [5.41, 5.74) is 2.87. The maximum atomic E-state index is 9.10. The summed E-state index contributed by atoms with van der Waals surface area (Å²) >= 11 is 3.21. The van der Waals surface area contributed by atoms with E-state index < -0.39 is 0 Å². The Morgan fingerprint density at radius 3 is 2.00 bits per heavy atom. The number of aryl methyl sites for hydroxylation is 1. The fraction of sp³-hybridized carbons (Fsp3) is 0.200. The SMILES string of the molecule is CSC(=CC(=C(C#N)C#N)c1ccc(C)cc1)SC. The molecule has 0 aromatic heterocycles. The molecule has 0 aliphatic carbocycles. The van der Waals surface area contributed by atoms with E-state index in [1.54, 1.807) is 23.5 Å². The number of rotatable bonds is 4. The molecule has 1 rings (SSSR count). The summed E-state index contributed by atoms with van der Waals surface area (Å²) in [7, 11) is 0. The molecular formula is C15H14N2S2. The smallest absolute Gasteiger partial charge is 0.137 e. The van der Waals surface area contributed by atoms with Gasteiger partial charge in [-0.05, 0) is 31.1 Å². The molecule has 0 fully saturated rings. The van der Waals surface area contributed by atoms with Crippen molar-refractivity contribution in [1.29, 1.82) is 10.5 Å². The van der Waals surface area contributed by atoms with Crippen molar-refractivity contribution >= 4 is 29.1 Å². The summed E-state index contributed by atoms with van der Waals surface area (Å²) in [4.78, 5) is 0. The molecule has 1 aromatic carbocycles. The monoisotopic (exact) mass is 286 g/mol. The quantitative estimate of drug-likeness (QED) is 0.609. The standard InChI is InChI=1S/C15H14N2S2/c1-11-4-6-12(7-5-11)14(13(9-16)10-17)8-15(18-2)19-3/h4-8H,1-3H3. The van der Waals surface area contributed by atoms with Crippen LogP contribution in [0.15, 0.2) is 40.2 Å². The minimum absolute atomic E-state index is 0.143. The van der Waals surface area contributed by atoms with Crippen molar-refractivity contribution in [3.8, 4) is 12.1 Å². The third-order valence-corrected chi connectivity index (χ3v) is 4.56. The highest BCUT2D eigenvalue weighted by Crippen LogP contribution is 2.30. The second-order valence-corrected chi connectivity index (χ2v) is 5.70. The lowest BCUT2D eigenvalue weighted by molar-refractivity contribution is 1.44. The zero-order chi connectivity index (χ0) is 14.3. The molecule has 0 heterocycles. The highest BCUT2D eigenvalue weighted by atomic mass is 32.2. The van der Waals surface area contributed by atoms with Gasteiger partial charge in [-0.15, -0.1) is 23.5 Å². The van der Waals surface area contributed by atoms with Crippen LogP contribution in [0.2, 0.25) is 0 Å². The number of allylic oxidation sites excluding steroid dienone is 3. The van der Waals surface area contributed by atoms with Gasteiger partial charge in [0, 0.05) is 9.81 Å². The molecule has 19 heavy (non-hydrogen) atoms. The van der Waals surface area contributed by atoms with Crippen LogP contribution in [0.4, 0.5) is 0 Å². The van der Waals surface area contributed by atoms with Crippen LogP contribution in [0, 0.1) is 29.6 Å². The molecule has 2 nitrogen and oxygen atoms in total. The number of benzene rings is 1. The molecule has 0 bridgehead atoms. The molecule has 0 unspecified atom stereocenters. The highest BCUT2D eigenvalue weighted by molar-refractivity contribution is 8.21. The van der Waals surface area contributed by atoms with E-state index in [0.717, 1.165) is 15.4 Å². The van der Waals surface area contributed by atoms with E-state index in [2.05, 4.69) is 0 Å². The van der Waals surface area contributed by atoms with Gasteiger partial charge in [-0.1, -0.05) is 29.8 Å². The molecule has 0 amide bonds. The van der Waals surface area contributed by atoms with Crippen LogP contribution in [-0.2, 0) is 0 Å². The largest absolute Gasteiger partial charge is 0.192 e. The van der Waals surface area contributed by atoms with Gasteiger partial charge in [-0.25, -0.2) is 0 Å². The number of nitriles is 2. The molecule has 0 spiro atoms. The molecule has 4 heteroatoms. The first-order chi connectivity index (χ1) is 9.15. The van der Waals surface area contributed by atoms with Crippen molar-refractivity contribution in [1.82, 2.24) is 0 Å². The molecule has 0 radical (unpaired) electrons. The Kier molecular flexibility index (Phi) is 6.29. The molecule has 0 aliphatic rings. The summed E-state index contributed by atoms with van der Waals surface area (Å²) in [6, 6.07) is 11.8. The van der Waals surface area contributed by atoms with Gasteiger partial charge in [0.05, 0.1) is 0 Å². The molecule has 1 aromatic rings. The van der Waals surface area contributed by atoms with Gasteiger partial charge < -0.3 is 0 Å². The molecule has 0 saturated carbocycles. The van der Waals surface area contributed by atoms with Gasteiger partial charge in [0.25, 0.3) is 0 Å². The van der Waals surface area contributed by atoms with Crippen LogP contribution in [0.5, 0.6) is 0 Å². The third kappa shape index (κ3) is 4.21. The maximum absolute atomic E-state index is 9.10. The molecular weight excluding hydrogens is 272 g/mol. The van der Waals surface area contributed by atoms with Crippen LogP contribution >= 0.6 is 23.5 Å². The average Bonchev–Trinajstić information content (AvgIpc) is 2.45. The zero-order valence-corrected chi connectivity index (χ0v) is 12.7. The van der Waals surface area contributed by atoms with E-state index in [-0.39, 0.29) is 5.57 Å². The topological polar surface area (TPSA) is 47.6 Å². The van der Waals surface area contributed by atoms with Crippen LogP contribution in [0.25, 0.3) is 5.57 Å². The Balaban J connectivity index is 3.42. The average molecular weight is 286 g/mol. The molecule has 0 saturated heterocycles. The summed E-state index contributed by atoms with van der Waals surface area (Å²) in [5, 5.41) is 18.2. The van der Waals surface area contributed by atoms with Gasteiger partial charge in [0.2, 0.25) is 0 Å².